The molecule has 1 aliphatic carbocycles. The predicted octanol–water partition coefficient (Wildman–Crippen LogP) is 2.82. The number of hydrogen-bond donors (Lipinski definition) is 0. The number of rotatable bonds is 4. The molecule has 0 saturated heterocycles. The van der Waals surface area contributed by atoms with Crippen molar-refractivity contribution in [2.75, 3.05) is 20.8 Å². The van der Waals surface area contributed by atoms with Gasteiger partial charge in [-0.05, 0) is 45.7 Å². The Kier molecular flexibility index (Phi) is 4.75. The largest absolute Gasteiger partial charge is 0.449 e. The van der Waals surface area contributed by atoms with Gasteiger partial charge in [-0.2, -0.15) is 0 Å². The SMILES string of the molecule is C=C1CC(C)CC(CC)(C(=O)OCN(C)C)C1. The van der Waals surface area contributed by atoms with Crippen molar-refractivity contribution in [1.29, 1.82) is 0 Å². The number of carbonyl (C=O) groups excluding carboxylic acids is 1. The van der Waals surface area contributed by atoms with Crippen LogP contribution in [0.15, 0.2) is 12.2 Å². The van der Waals surface area contributed by atoms with Gasteiger partial charge in [0, 0.05) is 0 Å². The minimum absolute atomic E-state index is 0.0543. The third-order valence-electron chi connectivity index (χ3n) is 3.53. The molecule has 0 N–H and O–H groups in total. The highest BCUT2D eigenvalue weighted by molar-refractivity contribution is 5.77. The van der Waals surface area contributed by atoms with Crippen molar-refractivity contribution in [2.45, 2.75) is 39.5 Å². The summed E-state index contributed by atoms with van der Waals surface area (Å²) in [5.41, 5.74) is 0.859. The second-order valence-corrected chi connectivity index (χ2v) is 5.71. The first-order valence-electron chi connectivity index (χ1n) is 6.38. The Bertz CT molecular complexity index is 299. The van der Waals surface area contributed by atoms with Crippen molar-refractivity contribution >= 4 is 5.97 Å². The molecule has 98 valence electrons. The van der Waals surface area contributed by atoms with Gasteiger partial charge < -0.3 is 4.74 Å². The molecule has 0 aromatic carbocycles. The highest BCUT2D eigenvalue weighted by Gasteiger charge is 2.42. The molecule has 0 spiro atoms. The topological polar surface area (TPSA) is 29.5 Å². The second kappa shape index (κ2) is 5.67. The average Bonchev–Trinajstić information content (AvgIpc) is 2.24. The molecular formula is C14H25NO2. The number of allylic oxidation sites excluding steroid dienone is 1. The summed E-state index contributed by atoms with van der Waals surface area (Å²) < 4.78 is 5.38. The lowest BCUT2D eigenvalue weighted by Gasteiger charge is -2.38. The van der Waals surface area contributed by atoms with Gasteiger partial charge in [-0.25, -0.2) is 0 Å². The summed E-state index contributed by atoms with van der Waals surface area (Å²) in [5, 5.41) is 0. The minimum Gasteiger partial charge on any atom is -0.449 e. The van der Waals surface area contributed by atoms with Gasteiger partial charge in [0.1, 0.15) is 6.73 Å². The number of nitrogens with zero attached hydrogens (tertiary/aromatic N) is 1. The van der Waals surface area contributed by atoms with E-state index >= 15 is 0 Å². The molecule has 1 aliphatic rings. The third-order valence-corrected chi connectivity index (χ3v) is 3.53. The van der Waals surface area contributed by atoms with Gasteiger partial charge in [0.05, 0.1) is 5.41 Å². The van der Waals surface area contributed by atoms with Gasteiger partial charge >= 0.3 is 5.97 Å². The zero-order valence-electron chi connectivity index (χ0n) is 11.6. The van der Waals surface area contributed by atoms with Crippen LogP contribution < -0.4 is 0 Å². The molecule has 0 bridgehead atoms. The molecule has 3 heteroatoms. The lowest BCUT2D eigenvalue weighted by molar-refractivity contribution is -0.162. The van der Waals surface area contributed by atoms with Crippen LogP contribution in [0.2, 0.25) is 0 Å². The van der Waals surface area contributed by atoms with E-state index in [1.54, 1.807) is 0 Å². The summed E-state index contributed by atoms with van der Waals surface area (Å²) in [6.45, 7) is 8.69. The Morgan fingerprint density at radius 3 is 2.71 bits per heavy atom. The lowest BCUT2D eigenvalue weighted by Crippen LogP contribution is -2.39. The van der Waals surface area contributed by atoms with Crippen LogP contribution in [-0.4, -0.2) is 31.7 Å². The standard InChI is InChI=1S/C14H25NO2/c1-6-14(13(16)17-10-15(4)5)8-11(2)7-12(3)9-14/h12H,2,6-10H2,1,3-5H3. The Labute approximate surface area is 105 Å². The van der Waals surface area contributed by atoms with Crippen LogP contribution in [0, 0.1) is 11.3 Å². The van der Waals surface area contributed by atoms with Crippen LogP contribution in [0.5, 0.6) is 0 Å². The first-order valence-corrected chi connectivity index (χ1v) is 6.38. The molecule has 17 heavy (non-hydrogen) atoms. The maximum atomic E-state index is 12.3. The molecule has 3 nitrogen and oxygen atoms in total. The van der Waals surface area contributed by atoms with Crippen molar-refractivity contribution in [3.63, 3.8) is 0 Å². The van der Waals surface area contributed by atoms with Gasteiger partial charge in [-0.3, -0.25) is 9.69 Å². The molecule has 1 fully saturated rings. The van der Waals surface area contributed by atoms with E-state index in [1.165, 1.54) is 5.57 Å². The number of ether oxygens (including phenoxy) is 1. The Hall–Kier alpha value is -0.830. The van der Waals surface area contributed by atoms with E-state index < -0.39 is 0 Å². The monoisotopic (exact) mass is 239 g/mol. The zero-order valence-corrected chi connectivity index (χ0v) is 11.6. The van der Waals surface area contributed by atoms with E-state index in [4.69, 9.17) is 4.74 Å². The quantitative estimate of drug-likeness (QED) is 0.429. The van der Waals surface area contributed by atoms with Gasteiger partial charge in [0.15, 0.2) is 0 Å². The molecule has 0 amide bonds. The van der Waals surface area contributed by atoms with Crippen molar-refractivity contribution in [2.24, 2.45) is 11.3 Å². The first-order chi connectivity index (χ1) is 7.89. The highest BCUT2D eigenvalue weighted by atomic mass is 16.5. The van der Waals surface area contributed by atoms with Crippen molar-refractivity contribution in [3.8, 4) is 0 Å². The smallest absolute Gasteiger partial charge is 0.313 e. The average molecular weight is 239 g/mol. The van der Waals surface area contributed by atoms with Crippen LogP contribution in [0.3, 0.4) is 0 Å². The van der Waals surface area contributed by atoms with E-state index in [0.29, 0.717) is 12.6 Å². The van der Waals surface area contributed by atoms with E-state index in [1.807, 2.05) is 19.0 Å². The molecule has 1 saturated carbocycles. The minimum atomic E-state index is -0.329. The Morgan fingerprint density at radius 2 is 2.24 bits per heavy atom. The molecule has 0 heterocycles. The van der Waals surface area contributed by atoms with Gasteiger partial charge in [0.2, 0.25) is 0 Å². The Balaban J connectivity index is 2.73. The van der Waals surface area contributed by atoms with Crippen LogP contribution >= 0.6 is 0 Å². The summed E-state index contributed by atoms with van der Waals surface area (Å²) in [4.78, 5) is 14.1. The first kappa shape index (κ1) is 14.2. The van der Waals surface area contributed by atoms with Gasteiger partial charge in [0.25, 0.3) is 0 Å². The summed E-state index contributed by atoms with van der Waals surface area (Å²) in [5.74, 6) is 0.476. The molecule has 0 radical (unpaired) electrons. The van der Waals surface area contributed by atoms with Gasteiger partial charge in [-0.15, -0.1) is 0 Å². The summed E-state index contributed by atoms with van der Waals surface area (Å²) in [6, 6.07) is 0. The van der Waals surface area contributed by atoms with Crippen LogP contribution in [0.25, 0.3) is 0 Å². The maximum absolute atomic E-state index is 12.3. The van der Waals surface area contributed by atoms with Gasteiger partial charge in [-0.1, -0.05) is 26.0 Å². The fraction of sp³-hybridized carbons (Fsp3) is 0.786. The zero-order chi connectivity index (χ0) is 13.1. The molecule has 0 aromatic rings. The fourth-order valence-corrected chi connectivity index (χ4v) is 2.76. The molecule has 2 unspecified atom stereocenters. The summed E-state index contributed by atoms with van der Waals surface area (Å²) >= 11 is 0. The highest BCUT2D eigenvalue weighted by Crippen LogP contribution is 2.44. The number of carbonyl (C=O) groups is 1. The lowest BCUT2D eigenvalue weighted by atomic mass is 9.67. The van der Waals surface area contributed by atoms with E-state index in [9.17, 15) is 4.79 Å². The predicted molar refractivity (Wildman–Crippen MR) is 69.5 cm³/mol. The molecule has 2 atom stereocenters. The van der Waals surface area contributed by atoms with Crippen LogP contribution in [0.1, 0.15) is 39.5 Å². The van der Waals surface area contributed by atoms with Crippen LogP contribution in [-0.2, 0) is 9.53 Å². The van der Waals surface area contributed by atoms with E-state index in [0.717, 1.165) is 25.7 Å². The van der Waals surface area contributed by atoms with E-state index in [-0.39, 0.29) is 11.4 Å². The fourth-order valence-electron chi connectivity index (χ4n) is 2.76. The van der Waals surface area contributed by atoms with Crippen molar-refractivity contribution < 1.29 is 9.53 Å². The normalized spacial score (nSPS) is 29.5. The van der Waals surface area contributed by atoms with Crippen molar-refractivity contribution in [3.05, 3.63) is 12.2 Å². The van der Waals surface area contributed by atoms with Crippen LogP contribution in [0.4, 0.5) is 0 Å². The number of hydrogen-bond acceptors (Lipinski definition) is 3. The molecule has 1 rings (SSSR count). The molecule has 0 aromatic heterocycles. The molecule has 0 aliphatic heterocycles. The molecular weight excluding hydrogens is 214 g/mol. The number of esters is 1. The maximum Gasteiger partial charge on any atom is 0.313 e. The summed E-state index contributed by atoms with van der Waals surface area (Å²) in [7, 11) is 3.79. The summed E-state index contributed by atoms with van der Waals surface area (Å²) in [6.07, 6.45) is 3.60. The van der Waals surface area contributed by atoms with Crippen molar-refractivity contribution in [1.82, 2.24) is 4.90 Å². The second-order valence-electron chi connectivity index (χ2n) is 5.71. The Morgan fingerprint density at radius 1 is 1.59 bits per heavy atom. The van der Waals surface area contributed by atoms with E-state index in [2.05, 4.69) is 20.4 Å². The third kappa shape index (κ3) is 3.56.